The lowest BCUT2D eigenvalue weighted by molar-refractivity contribution is -0.159. The molecule has 1 aromatic rings. The molecule has 1 aromatic carbocycles. The van der Waals surface area contributed by atoms with Gasteiger partial charge in [0.15, 0.2) is 11.5 Å². The third kappa shape index (κ3) is 15.3. The average Bonchev–Trinajstić information content (AvgIpc) is 2.94. The Kier molecular flexibility index (Phi) is 17.1. The first kappa shape index (κ1) is 35.7. The van der Waals surface area contributed by atoms with Crippen molar-refractivity contribution in [2.24, 2.45) is 17.6 Å². The molecule has 4 atom stereocenters. The Morgan fingerprint density at radius 1 is 0.780 bits per heavy atom. The number of rotatable bonds is 18. The van der Waals surface area contributed by atoms with Crippen molar-refractivity contribution in [1.82, 2.24) is 0 Å². The van der Waals surface area contributed by atoms with E-state index in [1.54, 1.807) is 13.0 Å². The summed E-state index contributed by atoms with van der Waals surface area (Å²) in [7, 11) is 0. The fourth-order valence-corrected chi connectivity index (χ4v) is 3.20. The lowest BCUT2D eigenvalue weighted by Gasteiger charge is -2.18. The molecule has 0 fully saturated rings. The fraction of sp³-hybridized carbons (Fsp3) is 0.667. The van der Waals surface area contributed by atoms with Gasteiger partial charge in [-0.1, -0.05) is 66.4 Å². The van der Waals surface area contributed by atoms with Crippen LogP contribution in [0.1, 0.15) is 85.6 Å². The topological polar surface area (TPSA) is 150 Å². The van der Waals surface area contributed by atoms with Gasteiger partial charge in [0.1, 0.15) is 18.8 Å². The first-order chi connectivity index (χ1) is 19.5. The number of nitrogens with two attached hydrogens (primary N) is 1. The highest BCUT2D eigenvalue weighted by Crippen LogP contribution is 2.30. The third-order valence-electron chi connectivity index (χ3n) is 6.30. The minimum absolute atomic E-state index is 0.0272. The summed E-state index contributed by atoms with van der Waals surface area (Å²) in [4.78, 5) is 48.9. The van der Waals surface area contributed by atoms with Gasteiger partial charge in [-0.05, 0) is 49.3 Å². The number of carbonyl (C=O) groups excluding carboxylic acids is 4. The van der Waals surface area contributed by atoms with Crippen LogP contribution in [0.3, 0.4) is 0 Å². The Morgan fingerprint density at radius 2 is 1.37 bits per heavy atom. The molecule has 0 amide bonds. The molecule has 0 heterocycles. The average molecular weight is 582 g/mol. The van der Waals surface area contributed by atoms with Crippen molar-refractivity contribution in [3.8, 4) is 11.5 Å². The molecule has 0 spiro atoms. The second-order valence-corrected chi connectivity index (χ2v) is 10.3. The quantitative estimate of drug-likeness (QED) is 0.0979. The Labute approximate surface area is 243 Å². The molecule has 11 nitrogen and oxygen atoms in total. The molecule has 0 saturated heterocycles. The molecule has 0 aliphatic carbocycles. The van der Waals surface area contributed by atoms with Crippen LogP contribution in [0.2, 0.25) is 0 Å². The van der Waals surface area contributed by atoms with E-state index in [-0.39, 0.29) is 55.5 Å². The molecule has 0 aromatic heterocycles. The normalized spacial score (nSPS) is 13.7. The molecular formula is C30H47NO10. The third-order valence-corrected chi connectivity index (χ3v) is 6.30. The molecule has 41 heavy (non-hydrogen) atoms. The van der Waals surface area contributed by atoms with Crippen molar-refractivity contribution in [1.29, 1.82) is 0 Å². The van der Waals surface area contributed by atoms with Gasteiger partial charge in [-0.2, -0.15) is 0 Å². The maximum atomic E-state index is 12.5. The molecule has 232 valence electrons. The van der Waals surface area contributed by atoms with Crippen molar-refractivity contribution in [3.63, 3.8) is 0 Å². The number of ether oxygens (including phenoxy) is 6. The predicted octanol–water partition coefficient (Wildman–Crippen LogP) is 5.73. The Hall–Kier alpha value is -3.34. The number of unbranched alkanes of at least 4 members (excludes halogenated alkanes) is 2. The molecular weight excluding hydrogens is 534 g/mol. The zero-order valence-corrected chi connectivity index (χ0v) is 25.3. The summed E-state index contributed by atoms with van der Waals surface area (Å²) in [6.07, 6.45) is 2.07. The van der Waals surface area contributed by atoms with Crippen molar-refractivity contribution in [3.05, 3.63) is 23.8 Å². The van der Waals surface area contributed by atoms with Gasteiger partial charge in [-0.3, -0.25) is 9.59 Å². The summed E-state index contributed by atoms with van der Waals surface area (Å²) in [5, 5.41) is 0. The van der Waals surface area contributed by atoms with Crippen LogP contribution in [-0.4, -0.2) is 56.2 Å². The van der Waals surface area contributed by atoms with E-state index in [4.69, 9.17) is 34.2 Å². The van der Waals surface area contributed by atoms with Gasteiger partial charge in [0.2, 0.25) is 0 Å². The van der Waals surface area contributed by atoms with Crippen LogP contribution in [0.5, 0.6) is 11.5 Å². The summed E-state index contributed by atoms with van der Waals surface area (Å²) < 4.78 is 31.4. The second-order valence-electron chi connectivity index (χ2n) is 10.3. The number of benzene rings is 1. The van der Waals surface area contributed by atoms with Crippen LogP contribution >= 0.6 is 0 Å². The second kappa shape index (κ2) is 19.7. The van der Waals surface area contributed by atoms with Crippen molar-refractivity contribution in [2.75, 3.05) is 19.8 Å². The molecule has 0 bridgehead atoms. The highest BCUT2D eigenvalue weighted by molar-refractivity contribution is 5.76. The van der Waals surface area contributed by atoms with Crippen molar-refractivity contribution in [2.45, 2.75) is 98.6 Å². The highest BCUT2D eigenvalue weighted by Gasteiger charge is 2.22. The van der Waals surface area contributed by atoms with E-state index >= 15 is 0 Å². The molecule has 0 aliphatic rings. The molecule has 2 N–H and O–H groups in total. The maximum Gasteiger partial charge on any atom is 0.513 e. The highest BCUT2D eigenvalue weighted by atomic mass is 16.7. The van der Waals surface area contributed by atoms with Crippen LogP contribution in [0.25, 0.3) is 0 Å². The van der Waals surface area contributed by atoms with E-state index < -0.39 is 30.4 Å². The van der Waals surface area contributed by atoms with E-state index in [2.05, 4.69) is 0 Å². The largest absolute Gasteiger partial charge is 0.513 e. The zero-order valence-electron chi connectivity index (χ0n) is 25.3. The molecule has 0 aliphatic heterocycles. The van der Waals surface area contributed by atoms with E-state index in [1.807, 2.05) is 34.6 Å². The summed E-state index contributed by atoms with van der Waals surface area (Å²) in [6, 6.07) is 3.35. The molecule has 2 unspecified atom stereocenters. The van der Waals surface area contributed by atoms with Crippen molar-refractivity contribution >= 4 is 24.2 Å². The van der Waals surface area contributed by atoms with Gasteiger partial charge in [0.05, 0.1) is 13.2 Å². The van der Waals surface area contributed by atoms with Crippen molar-refractivity contribution < 1.29 is 47.6 Å². The lowest BCUT2D eigenvalue weighted by Crippen LogP contribution is -2.37. The lowest BCUT2D eigenvalue weighted by atomic mass is 10.1. The van der Waals surface area contributed by atoms with E-state index in [1.165, 1.54) is 12.1 Å². The number of hydrogen-bond acceptors (Lipinski definition) is 11. The van der Waals surface area contributed by atoms with E-state index in [0.717, 1.165) is 32.1 Å². The monoisotopic (exact) mass is 581 g/mol. The smallest absolute Gasteiger partial charge is 0.462 e. The number of carbonyl (C=O) groups is 4. The minimum atomic E-state index is -1.06. The molecule has 1 rings (SSSR count). The standard InChI is InChI=1S/C30H47NO10/c1-7-10-11-12-27(32)36-19-22(6)39-28(33)24(31)15-23-13-14-25(40-29(34)37-17-20(4)8-2)26(16-23)41-30(35)38-18-21(5)9-3/h13-14,16,20-22,24H,7-12,15,17-19,31H2,1-6H3/t20?,21?,22-,24-/m0/s1. The van der Waals surface area contributed by atoms with Gasteiger partial charge in [-0.25, -0.2) is 9.59 Å². The number of esters is 2. The Balaban J connectivity index is 2.84. The molecule has 11 heteroatoms. The van der Waals surface area contributed by atoms with Crippen LogP contribution in [0.4, 0.5) is 9.59 Å². The summed E-state index contributed by atoms with van der Waals surface area (Å²) in [5.41, 5.74) is 6.57. The summed E-state index contributed by atoms with van der Waals surface area (Å²) in [6.45, 7) is 11.7. The van der Waals surface area contributed by atoms with Crippen LogP contribution < -0.4 is 15.2 Å². The SMILES string of the molecule is CCCCCC(=O)OC[C@H](C)OC(=O)[C@@H](N)Cc1ccc(OC(=O)OCC(C)CC)c(OC(=O)OCC(C)CC)c1. The van der Waals surface area contributed by atoms with Gasteiger partial charge >= 0.3 is 24.2 Å². The van der Waals surface area contributed by atoms with Crippen LogP contribution in [0.15, 0.2) is 18.2 Å². The first-order valence-corrected chi connectivity index (χ1v) is 14.4. The van der Waals surface area contributed by atoms with Gasteiger partial charge in [0, 0.05) is 6.42 Å². The molecule has 0 saturated carbocycles. The van der Waals surface area contributed by atoms with Gasteiger partial charge < -0.3 is 34.2 Å². The molecule has 0 radical (unpaired) electrons. The Bertz CT molecular complexity index is 967. The van der Waals surface area contributed by atoms with E-state index in [0.29, 0.717) is 12.0 Å². The van der Waals surface area contributed by atoms with Crippen LogP contribution in [-0.2, 0) is 35.0 Å². The van der Waals surface area contributed by atoms with Gasteiger partial charge in [0.25, 0.3) is 0 Å². The zero-order chi connectivity index (χ0) is 30.8. The predicted molar refractivity (Wildman–Crippen MR) is 152 cm³/mol. The fourth-order valence-electron chi connectivity index (χ4n) is 3.20. The van der Waals surface area contributed by atoms with E-state index in [9.17, 15) is 19.2 Å². The minimum Gasteiger partial charge on any atom is -0.462 e. The Morgan fingerprint density at radius 3 is 1.93 bits per heavy atom. The first-order valence-electron chi connectivity index (χ1n) is 14.4. The summed E-state index contributed by atoms with van der Waals surface area (Å²) in [5.74, 6) is -0.903. The van der Waals surface area contributed by atoms with Crippen LogP contribution in [0, 0.1) is 11.8 Å². The number of hydrogen-bond donors (Lipinski definition) is 1. The summed E-state index contributed by atoms with van der Waals surface area (Å²) >= 11 is 0. The van der Waals surface area contributed by atoms with Gasteiger partial charge in [-0.15, -0.1) is 0 Å². The maximum absolute atomic E-state index is 12.5.